The van der Waals surface area contributed by atoms with E-state index in [-0.39, 0.29) is 17.2 Å². The largest absolute Gasteiger partial charge is 0.452 e. The van der Waals surface area contributed by atoms with Crippen molar-refractivity contribution >= 4 is 29.3 Å². The summed E-state index contributed by atoms with van der Waals surface area (Å²) < 4.78 is 6.81. The third kappa shape index (κ3) is 6.24. The molecule has 1 aliphatic heterocycles. The highest BCUT2D eigenvalue weighted by Gasteiger charge is 2.25. The maximum atomic E-state index is 12.6. The van der Waals surface area contributed by atoms with E-state index in [1.54, 1.807) is 16.5 Å². The maximum Gasteiger partial charge on any atom is 0.338 e. The van der Waals surface area contributed by atoms with Crippen LogP contribution in [0, 0.1) is 16.0 Å². The number of hydrogen-bond acceptors (Lipinski definition) is 8. The summed E-state index contributed by atoms with van der Waals surface area (Å²) in [5.74, 6) is -0.529. The zero-order chi connectivity index (χ0) is 24.8. The number of nitro groups is 1. The van der Waals surface area contributed by atoms with Gasteiger partial charge in [0, 0.05) is 26.2 Å². The summed E-state index contributed by atoms with van der Waals surface area (Å²) >= 11 is 1.07. The van der Waals surface area contributed by atoms with Crippen molar-refractivity contribution in [2.75, 3.05) is 19.7 Å². The Kier molecular flexibility index (Phi) is 7.76. The third-order valence-electron chi connectivity index (χ3n) is 5.92. The van der Waals surface area contributed by atoms with Gasteiger partial charge in [0.05, 0.1) is 15.4 Å². The van der Waals surface area contributed by atoms with Gasteiger partial charge in [-0.05, 0) is 54.6 Å². The van der Waals surface area contributed by atoms with Crippen LogP contribution in [-0.4, -0.2) is 56.2 Å². The van der Waals surface area contributed by atoms with Crippen LogP contribution in [0.15, 0.2) is 64.9 Å². The normalized spacial score (nSPS) is 14.0. The molecular weight excluding hydrogens is 470 g/mol. The minimum absolute atomic E-state index is 0.00776. The van der Waals surface area contributed by atoms with E-state index >= 15 is 0 Å². The molecule has 0 N–H and O–H groups in total. The topological polar surface area (TPSA) is 120 Å². The number of nitro benzene ring substituents is 1. The first kappa shape index (κ1) is 24.4. The van der Waals surface area contributed by atoms with Crippen LogP contribution in [0.3, 0.4) is 0 Å². The summed E-state index contributed by atoms with van der Waals surface area (Å²) in [5.41, 5.74) is 1.05. The van der Waals surface area contributed by atoms with E-state index in [1.807, 2.05) is 18.2 Å². The number of carbonyl (C=O) groups excluding carboxylic acids is 2. The summed E-state index contributed by atoms with van der Waals surface area (Å²) in [6.45, 7) is 0.839. The molecule has 1 amide bonds. The number of likely N-dealkylation sites (tertiary alicyclic amines) is 1. The molecule has 1 saturated heterocycles. The highest BCUT2D eigenvalue weighted by Crippen LogP contribution is 2.34. The van der Waals surface area contributed by atoms with Crippen molar-refractivity contribution < 1.29 is 19.2 Å². The van der Waals surface area contributed by atoms with Crippen molar-refractivity contribution in [3.63, 3.8) is 0 Å². The first-order chi connectivity index (χ1) is 16.9. The molecular formula is C24H25N5O5S. The van der Waals surface area contributed by atoms with Gasteiger partial charge in [-0.15, -0.1) is 10.2 Å². The van der Waals surface area contributed by atoms with Gasteiger partial charge in [-0.1, -0.05) is 30.3 Å². The fourth-order valence-electron chi connectivity index (χ4n) is 3.97. The van der Waals surface area contributed by atoms with Crippen molar-refractivity contribution in [3.8, 4) is 0 Å². The number of hydrogen-bond donors (Lipinski definition) is 0. The van der Waals surface area contributed by atoms with E-state index in [0.29, 0.717) is 29.1 Å². The van der Waals surface area contributed by atoms with Gasteiger partial charge in [0.25, 0.3) is 11.6 Å². The van der Waals surface area contributed by atoms with Gasteiger partial charge in [0.15, 0.2) is 11.8 Å². The molecule has 1 aliphatic rings. The maximum absolute atomic E-state index is 12.6. The number of esters is 1. The molecule has 0 radical (unpaired) electrons. The van der Waals surface area contributed by atoms with E-state index in [0.717, 1.165) is 37.1 Å². The van der Waals surface area contributed by atoms with Crippen molar-refractivity contribution in [2.45, 2.75) is 29.3 Å². The number of rotatable bonds is 8. The van der Waals surface area contributed by atoms with Crippen molar-refractivity contribution in [1.82, 2.24) is 19.7 Å². The van der Waals surface area contributed by atoms with Crippen LogP contribution in [0.2, 0.25) is 0 Å². The first-order valence-electron chi connectivity index (χ1n) is 11.2. The van der Waals surface area contributed by atoms with Crippen LogP contribution in [0.5, 0.6) is 0 Å². The third-order valence-corrected chi connectivity index (χ3v) is 7.04. The Balaban J connectivity index is 1.30. The summed E-state index contributed by atoms with van der Waals surface area (Å²) in [5, 5.41) is 19.7. The van der Waals surface area contributed by atoms with Gasteiger partial charge in [0.1, 0.15) is 6.33 Å². The van der Waals surface area contributed by atoms with Gasteiger partial charge < -0.3 is 14.2 Å². The zero-order valence-electron chi connectivity index (χ0n) is 19.2. The number of benzene rings is 2. The second-order valence-corrected chi connectivity index (χ2v) is 9.37. The molecule has 10 nitrogen and oxygen atoms in total. The summed E-state index contributed by atoms with van der Waals surface area (Å²) in [6.07, 6.45) is 4.26. The molecule has 3 aromatic rings. The van der Waals surface area contributed by atoms with E-state index in [4.69, 9.17) is 4.74 Å². The van der Waals surface area contributed by atoms with Gasteiger partial charge >= 0.3 is 5.97 Å². The smallest absolute Gasteiger partial charge is 0.338 e. The standard InChI is InChI=1S/C24H25N5O5S/c1-27-16-25-26-24(27)35-21-8-7-19(14-20(21)29(32)33)23(31)34-15-22(30)28-11-9-18(10-12-28)13-17-5-3-2-4-6-17/h2-8,14,16,18H,9-13,15H2,1H3. The molecule has 11 heteroatoms. The number of ether oxygens (including phenoxy) is 1. The van der Waals surface area contributed by atoms with Gasteiger partial charge in [0.2, 0.25) is 0 Å². The lowest BCUT2D eigenvalue weighted by molar-refractivity contribution is -0.387. The summed E-state index contributed by atoms with van der Waals surface area (Å²) in [7, 11) is 1.72. The minimum Gasteiger partial charge on any atom is -0.452 e. The van der Waals surface area contributed by atoms with Crippen molar-refractivity contribution in [1.29, 1.82) is 0 Å². The van der Waals surface area contributed by atoms with Crippen LogP contribution < -0.4 is 0 Å². The molecule has 0 bridgehead atoms. The molecule has 1 fully saturated rings. The van der Waals surface area contributed by atoms with Crippen LogP contribution >= 0.6 is 11.8 Å². The SMILES string of the molecule is Cn1cnnc1Sc1ccc(C(=O)OCC(=O)N2CCC(Cc3ccccc3)CC2)cc1[N+](=O)[O-]. The lowest BCUT2D eigenvalue weighted by Crippen LogP contribution is -2.41. The van der Waals surface area contributed by atoms with E-state index in [2.05, 4.69) is 22.3 Å². The van der Waals surface area contributed by atoms with Crippen molar-refractivity contribution in [2.24, 2.45) is 13.0 Å². The van der Waals surface area contributed by atoms with E-state index < -0.39 is 17.5 Å². The molecule has 0 aliphatic carbocycles. The number of carbonyl (C=O) groups is 2. The molecule has 1 aromatic heterocycles. The Labute approximate surface area is 206 Å². The molecule has 0 spiro atoms. The number of nitrogens with zero attached hydrogens (tertiary/aromatic N) is 5. The van der Waals surface area contributed by atoms with E-state index in [9.17, 15) is 19.7 Å². The predicted molar refractivity (Wildman–Crippen MR) is 128 cm³/mol. The number of amides is 1. The first-order valence-corrected chi connectivity index (χ1v) is 12.0. The Morgan fingerprint density at radius 3 is 2.57 bits per heavy atom. The van der Waals surface area contributed by atoms with Crippen LogP contribution in [-0.2, 0) is 23.0 Å². The molecule has 0 unspecified atom stereocenters. The van der Waals surface area contributed by atoms with Crippen molar-refractivity contribution in [3.05, 3.63) is 76.1 Å². The average Bonchev–Trinajstić information content (AvgIpc) is 3.27. The molecule has 4 rings (SSSR count). The second kappa shape index (κ2) is 11.1. The fourth-order valence-corrected chi connectivity index (χ4v) is 4.82. The average molecular weight is 496 g/mol. The fraction of sp³-hybridized carbons (Fsp3) is 0.333. The van der Waals surface area contributed by atoms with Crippen LogP contribution in [0.25, 0.3) is 0 Å². The second-order valence-electron chi connectivity index (χ2n) is 8.36. The molecule has 182 valence electrons. The van der Waals surface area contributed by atoms with Crippen LogP contribution in [0.1, 0.15) is 28.8 Å². The summed E-state index contributed by atoms with van der Waals surface area (Å²) in [4.78, 5) is 38.1. The quantitative estimate of drug-likeness (QED) is 0.264. The van der Waals surface area contributed by atoms with E-state index in [1.165, 1.54) is 24.0 Å². The minimum atomic E-state index is -0.782. The molecule has 0 saturated carbocycles. The van der Waals surface area contributed by atoms with Gasteiger partial charge in [-0.25, -0.2) is 4.79 Å². The van der Waals surface area contributed by atoms with Gasteiger partial charge in [-0.3, -0.25) is 14.9 Å². The molecule has 35 heavy (non-hydrogen) atoms. The Bertz CT molecular complexity index is 1210. The Morgan fingerprint density at radius 1 is 1.17 bits per heavy atom. The lowest BCUT2D eigenvalue weighted by atomic mass is 9.90. The Morgan fingerprint density at radius 2 is 1.91 bits per heavy atom. The molecule has 2 aromatic carbocycles. The van der Waals surface area contributed by atoms with Gasteiger partial charge in [-0.2, -0.15) is 0 Å². The Hall–Kier alpha value is -3.73. The lowest BCUT2D eigenvalue weighted by Gasteiger charge is -2.32. The zero-order valence-corrected chi connectivity index (χ0v) is 20.0. The number of piperidine rings is 1. The predicted octanol–water partition coefficient (Wildman–Crippen LogP) is 3.51. The molecule has 0 atom stereocenters. The number of aryl methyl sites for hydroxylation is 1. The summed E-state index contributed by atoms with van der Waals surface area (Å²) in [6, 6.07) is 14.3. The highest BCUT2D eigenvalue weighted by atomic mass is 32.2. The number of aromatic nitrogens is 3. The highest BCUT2D eigenvalue weighted by molar-refractivity contribution is 7.99. The molecule has 2 heterocycles. The monoisotopic (exact) mass is 495 g/mol. The van der Waals surface area contributed by atoms with Crippen LogP contribution in [0.4, 0.5) is 5.69 Å².